The number of carbonyl (C=O) groups is 2. The van der Waals surface area contributed by atoms with E-state index in [9.17, 15) is 9.59 Å². The molecule has 18 heavy (non-hydrogen) atoms. The SMILES string of the molecule is Cc1cc(NN)ccc1C(=O)NCCNC(N)=O. The molecule has 1 rings (SSSR count). The standard InChI is InChI=1S/C11H17N5O2/c1-7-6-8(16-13)2-3-9(7)10(17)14-4-5-15-11(12)18/h2-3,6,16H,4-5,13H2,1H3,(H,14,17)(H3,12,15,18). The van der Waals surface area contributed by atoms with Gasteiger partial charge in [-0.15, -0.1) is 0 Å². The molecule has 1 aromatic carbocycles. The molecule has 0 unspecified atom stereocenters. The van der Waals surface area contributed by atoms with Gasteiger partial charge < -0.3 is 21.8 Å². The summed E-state index contributed by atoms with van der Waals surface area (Å²) in [7, 11) is 0. The number of benzene rings is 1. The van der Waals surface area contributed by atoms with Crippen LogP contribution in [0.15, 0.2) is 18.2 Å². The van der Waals surface area contributed by atoms with E-state index in [1.165, 1.54) is 0 Å². The minimum atomic E-state index is -0.612. The molecule has 98 valence electrons. The number of nitrogens with one attached hydrogen (secondary N) is 3. The molecule has 0 aliphatic heterocycles. The number of carbonyl (C=O) groups excluding carboxylic acids is 2. The van der Waals surface area contributed by atoms with Gasteiger partial charge in [-0.3, -0.25) is 10.6 Å². The summed E-state index contributed by atoms with van der Waals surface area (Å²) >= 11 is 0. The van der Waals surface area contributed by atoms with Gasteiger partial charge in [0.05, 0.1) is 0 Å². The number of rotatable bonds is 5. The number of nitrogen functional groups attached to an aromatic ring is 1. The molecule has 0 fully saturated rings. The molecular weight excluding hydrogens is 234 g/mol. The lowest BCUT2D eigenvalue weighted by Gasteiger charge is -2.09. The van der Waals surface area contributed by atoms with Crippen molar-refractivity contribution in [3.63, 3.8) is 0 Å². The third kappa shape index (κ3) is 3.95. The van der Waals surface area contributed by atoms with E-state index in [1.807, 2.05) is 6.92 Å². The van der Waals surface area contributed by atoms with E-state index in [2.05, 4.69) is 16.1 Å². The van der Waals surface area contributed by atoms with E-state index in [0.717, 1.165) is 11.3 Å². The van der Waals surface area contributed by atoms with E-state index in [1.54, 1.807) is 18.2 Å². The highest BCUT2D eigenvalue weighted by molar-refractivity contribution is 5.96. The van der Waals surface area contributed by atoms with Gasteiger partial charge in [-0.2, -0.15) is 0 Å². The Morgan fingerprint density at radius 1 is 1.22 bits per heavy atom. The fourth-order valence-electron chi connectivity index (χ4n) is 1.47. The van der Waals surface area contributed by atoms with Crippen LogP contribution in [0.1, 0.15) is 15.9 Å². The van der Waals surface area contributed by atoms with Crippen LogP contribution in [0.25, 0.3) is 0 Å². The van der Waals surface area contributed by atoms with Crippen molar-refractivity contribution in [2.45, 2.75) is 6.92 Å². The number of nitrogens with two attached hydrogens (primary N) is 2. The number of amides is 3. The Morgan fingerprint density at radius 2 is 1.89 bits per heavy atom. The van der Waals surface area contributed by atoms with Crippen LogP contribution in [0, 0.1) is 6.92 Å². The number of aryl methyl sites for hydroxylation is 1. The quantitative estimate of drug-likeness (QED) is 0.279. The number of urea groups is 1. The first kappa shape index (κ1) is 13.8. The molecule has 0 heterocycles. The first-order chi connectivity index (χ1) is 8.54. The van der Waals surface area contributed by atoms with Crippen molar-refractivity contribution in [2.75, 3.05) is 18.5 Å². The smallest absolute Gasteiger partial charge is 0.312 e. The molecule has 7 nitrogen and oxygen atoms in total. The first-order valence-electron chi connectivity index (χ1n) is 5.43. The predicted octanol–water partition coefficient (Wildman–Crippen LogP) is -0.321. The molecular formula is C11H17N5O2. The minimum absolute atomic E-state index is 0.206. The van der Waals surface area contributed by atoms with Crippen molar-refractivity contribution in [1.82, 2.24) is 10.6 Å². The van der Waals surface area contributed by atoms with Crippen LogP contribution in [-0.4, -0.2) is 25.0 Å². The van der Waals surface area contributed by atoms with E-state index >= 15 is 0 Å². The Morgan fingerprint density at radius 3 is 2.44 bits per heavy atom. The van der Waals surface area contributed by atoms with Crippen LogP contribution in [0.5, 0.6) is 0 Å². The molecule has 0 aliphatic carbocycles. The summed E-state index contributed by atoms with van der Waals surface area (Å²) in [5, 5.41) is 5.05. The van der Waals surface area contributed by atoms with Crippen molar-refractivity contribution >= 4 is 17.6 Å². The van der Waals surface area contributed by atoms with Crippen LogP contribution in [-0.2, 0) is 0 Å². The lowest BCUT2D eigenvalue weighted by Crippen LogP contribution is -2.37. The van der Waals surface area contributed by atoms with E-state index in [0.29, 0.717) is 18.7 Å². The highest BCUT2D eigenvalue weighted by Crippen LogP contribution is 2.13. The molecule has 0 spiro atoms. The zero-order valence-electron chi connectivity index (χ0n) is 10.1. The van der Waals surface area contributed by atoms with Gasteiger partial charge in [0.15, 0.2) is 0 Å². The lowest BCUT2D eigenvalue weighted by molar-refractivity contribution is 0.0953. The Bertz CT molecular complexity index is 447. The number of primary amides is 1. The summed E-state index contributed by atoms with van der Waals surface area (Å²) in [6, 6.07) is 4.56. The van der Waals surface area contributed by atoms with Crippen LogP contribution in [0.3, 0.4) is 0 Å². The van der Waals surface area contributed by atoms with Gasteiger partial charge in [0.2, 0.25) is 0 Å². The summed E-state index contributed by atoms with van der Waals surface area (Å²) in [5.74, 6) is 5.06. The van der Waals surface area contributed by atoms with Crippen molar-refractivity contribution in [3.05, 3.63) is 29.3 Å². The Labute approximate surface area is 105 Å². The van der Waals surface area contributed by atoms with Gasteiger partial charge >= 0.3 is 6.03 Å². The maximum absolute atomic E-state index is 11.8. The van der Waals surface area contributed by atoms with E-state index in [4.69, 9.17) is 11.6 Å². The van der Waals surface area contributed by atoms with Gasteiger partial charge in [-0.1, -0.05) is 0 Å². The van der Waals surface area contributed by atoms with Gasteiger partial charge in [-0.05, 0) is 30.7 Å². The molecule has 0 aliphatic rings. The molecule has 0 bridgehead atoms. The zero-order chi connectivity index (χ0) is 13.5. The highest BCUT2D eigenvalue weighted by atomic mass is 16.2. The van der Waals surface area contributed by atoms with Crippen LogP contribution in [0.4, 0.5) is 10.5 Å². The van der Waals surface area contributed by atoms with E-state index < -0.39 is 6.03 Å². The van der Waals surface area contributed by atoms with Crippen LogP contribution < -0.4 is 27.6 Å². The first-order valence-corrected chi connectivity index (χ1v) is 5.43. The average molecular weight is 251 g/mol. The lowest BCUT2D eigenvalue weighted by atomic mass is 10.1. The molecule has 0 saturated carbocycles. The maximum Gasteiger partial charge on any atom is 0.312 e. The maximum atomic E-state index is 11.8. The monoisotopic (exact) mass is 251 g/mol. The van der Waals surface area contributed by atoms with Gasteiger partial charge in [0.1, 0.15) is 0 Å². The Balaban J connectivity index is 2.54. The second-order valence-electron chi connectivity index (χ2n) is 3.72. The number of hydrazine groups is 1. The summed E-state index contributed by atoms with van der Waals surface area (Å²) in [5.41, 5.74) is 9.51. The fraction of sp³-hybridized carbons (Fsp3) is 0.273. The summed E-state index contributed by atoms with van der Waals surface area (Å²) in [6.07, 6.45) is 0. The molecule has 3 amide bonds. The minimum Gasteiger partial charge on any atom is -0.352 e. The van der Waals surface area contributed by atoms with E-state index in [-0.39, 0.29) is 5.91 Å². The van der Waals surface area contributed by atoms with Crippen molar-refractivity contribution in [2.24, 2.45) is 11.6 Å². The summed E-state index contributed by atoms with van der Waals surface area (Å²) in [6.45, 7) is 2.43. The second-order valence-corrected chi connectivity index (χ2v) is 3.72. The van der Waals surface area contributed by atoms with Crippen molar-refractivity contribution in [1.29, 1.82) is 0 Å². The number of hydrogen-bond acceptors (Lipinski definition) is 4. The number of hydrogen-bond donors (Lipinski definition) is 5. The predicted molar refractivity (Wildman–Crippen MR) is 68.9 cm³/mol. The third-order valence-electron chi connectivity index (χ3n) is 2.35. The largest absolute Gasteiger partial charge is 0.352 e. The summed E-state index contributed by atoms with van der Waals surface area (Å²) < 4.78 is 0. The molecule has 0 radical (unpaired) electrons. The molecule has 7 heteroatoms. The Kier molecular flexibility index (Phi) is 4.94. The highest BCUT2D eigenvalue weighted by Gasteiger charge is 2.08. The fourth-order valence-corrected chi connectivity index (χ4v) is 1.47. The van der Waals surface area contributed by atoms with Crippen molar-refractivity contribution < 1.29 is 9.59 Å². The van der Waals surface area contributed by atoms with Crippen LogP contribution >= 0.6 is 0 Å². The molecule has 7 N–H and O–H groups in total. The molecule has 0 atom stereocenters. The Hall–Kier alpha value is -2.28. The van der Waals surface area contributed by atoms with Gasteiger partial charge in [-0.25, -0.2) is 4.79 Å². The molecule has 1 aromatic rings. The molecule has 0 aromatic heterocycles. The normalized spacial score (nSPS) is 9.67. The topological polar surface area (TPSA) is 122 Å². The third-order valence-corrected chi connectivity index (χ3v) is 2.35. The van der Waals surface area contributed by atoms with Gasteiger partial charge in [0, 0.05) is 24.3 Å². The average Bonchev–Trinajstić information content (AvgIpc) is 2.33. The summed E-state index contributed by atoms with van der Waals surface area (Å²) in [4.78, 5) is 22.2. The zero-order valence-corrected chi connectivity index (χ0v) is 10.1. The van der Waals surface area contributed by atoms with Gasteiger partial charge in [0.25, 0.3) is 5.91 Å². The van der Waals surface area contributed by atoms with Crippen LogP contribution in [0.2, 0.25) is 0 Å². The number of anilines is 1. The van der Waals surface area contributed by atoms with Crippen molar-refractivity contribution in [3.8, 4) is 0 Å². The second kappa shape index (κ2) is 6.45. The molecule has 0 saturated heterocycles.